The molecule has 4 heteroatoms. The van der Waals surface area contributed by atoms with E-state index in [-0.39, 0.29) is 0 Å². The summed E-state index contributed by atoms with van der Waals surface area (Å²) in [5.74, 6) is 1.03. The Labute approximate surface area is 107 Å². The second-order valence-corrected chi connectivity index (χ2v) is 5.89. The molecule has 3 nitrogen and oxygen atoms in total. The highest BCUT2D eigenvalue weighted by Gasteiger charge is 2.15. The molecule has 1 aromatic rings. The van der Waals surface area contributed by atoms with Gasteiger partial charge in [-0.25, -0.2) is 4.98 Å². The van der Waals surface area contributed by atoms with Crippen LogP contribution in [0.3, 0.4) is 0 Å². The molecule has 1 fully saturated rings. The van der Waals surface area contributed by atoms with Crippen LogP contribution in [0.5, 0.6) is 0 Å². The zero-order chi connectivity index (χ0) is 12.1. The Hall–Kier alpha value is -0.740. The van der Waals surface area contributed by atoms with E-state index >= 15 is 0 Å². The van der Waals surface area contributed by atoms with E-state index in [9.17, 15) is 4.79 Å². The summed E-state index contributed by atoms with van der Waals surface area (Å²) in [6.07, 6.45) is 4.79. The first-order chi connectivity index (χ1) is 8.24. The van der Waals surface area contributed by atoms with Gasteiger partial charge in [-0.05, 0) is 45.2 Å². The molecule has 0 aromatic carbocycles. The monoisotopic (exact) mass is 252 g/mol. The Kier molecular flexibility index (Phi) is 4.68. The maximum absolute atomic E-state index is 11.8. The second kappa shape index (κ2) is 6.26. The zero-order valence-corrected chi connectivity index (χ0v) is 11.2. The minimum atomic E-state index is 0.334. The number of thiazole rings is 1. The number of ketones is 1. The number of Topliss-reactive ketones (excluding diaryl/α,β-unsaturated/α-hetero) is 1. The van der Waals surface area contributed by atoms with E-state index in [0.29, 0.717) is 24.5 Å². The second-order valence-electron chi connectivity index (χ2n) is 4.82. The van der Waals surface area contributed by atoms with Crippen molar-refractivity contribution >= 4 is 17.1 Å². The van der Waals surface area contributed by atoms with E-state index in [1.807, 2.05) is 12.3 Å². The van der Waals surface area contributed by atoms with Crippen LogP contribution in [0.15, 0.2) is 5.38 Å². The summed E-state index contributed by atoms with van der Waals surface area (Å²) in [5.41, 5.74) is 0.944. The van der Waals surface area contributed by atoms with Crippen LogP contribution in [-0.2, 0) is 11.2 Å². The van der Waals surface area contributed by atoms with Gasteiger partial charge in [-0.1, -0.05) is 0 Å². The third kappa shape index (κ3) is 4.21. The van der Waals surface area contributed by atoms with Gasteiger partial charge >= 0.3 is 0 Å². The highest BCUT2D eigenvalue weighted by atomic mass is 32.1. The molecule has 1 unspecified atom stereocenters. The summed E-state index contributed by atoms with van der Waals surface area (Å²) < 4.78 is 0. The van der Waals surface area contributed by atoms with Gasteiger partial charge in [0.15, 0.2) is 0 Å². The quantitative estimate of drug-likeness (QED) is 0.874. The van der Waals surface area contributed by atoms with E-state index in [0.717, 1.165) is 30.2 Å². The molecule has 1 saturated heterocycles. The largest absolute Gasteiger partial charge is 0.316 e. The standard InChI is InChI=1S/C13H20N2OS/c1-10-15-12(9-17-10)7-13(16)5-4-11-3-2-6-14-8-11/h9,11,14H,2-8H2,1H3. The minimum Gasteiger partial charge on any atom is -0.316 e. The molecule has 0 spiro atoms. The molecule has 1 atom stereocenters. The number of carbonyl (C=O) groups excluding carboxylic acids is 1. The molecule has 0 saturated carbocycles. The molecule has 17 heavy (non-hydrogen) atoms. The van der Waals surface area contributed by atoms with Gasteiger partial charge < -0.3 is 5.32 Å². The first kappa shape index (κ1) is 12.7. The van der Waals surface area contributed by atoms with Gasteiger partial charge in [0, 0.05) is 18.2 Å². The highest BCUT2D eigenvalue weighted by Crippen LogP contribution is 2.17. The van der Waals surface area contributed by atoms with Crippen LogP contribution in [0.4, 0.5) is 0 Å². The lowest BCUT2D eigenvalue weighted by molar-refractivity contribution is -0.118. The molecule has 2 rings (SSSR count). The van der Waals surface area contributed by atoms with Crippen LogP contribution in [0, 0.1) is 12.8 Å². The third-order valence-corrected chi connectivity index (χ3v) is 4.10. The van der Waals surface area contributed by atoms with E-state index in [1.165, 1.54) is 12.8 Å². The van der Waals surface area contributed by atoms with Crippen molar-refractivity contribution in [2.45, 2.75) is 39.0 Å². The van der Waals surface area contributed by atoms with Gasteiger partial charge in [-0.3, -0.25) is 4.79 Å². The molecular formula is C13H20N2OS. The lowest BCUT2D eigenvalue weighted by Gasteiger charge is -2.22. The molecule has 0 amide bonds. The fraction of sp³-hybridized carbons (Fsp3) is 0.692. The molecule has 1 aliphatic heterocycles. The number of aromatic nitrogens is 1. The van der Waals surface area contributed by atoms with Gasteiger partial charge in [0.2, 0.25) is 0 Å². The minimum absolute atomic E-state index is 0.334. The van der Waals surface area contributed by atoms with Crippen molar-refractivity contribution in [2.24, 2.45) is 5.92 Å². The Balaban J connectivity index is 1.70. The predicted octanol–water partition coefficient (Wildman–Crippen LogP) is 2.34. The predicted molar refractivity (Wildman–Crippen MR) is 70.4 cm³/mol. The molecule has 1 N–H and O–H groups in total. The first-order valence-corrected chi connectivity index (χ1v) is 7.25. The van der Waals surface area contributed by atoms with Crippen LogP contribution >= 0.6 is 11.3 Å². The molecule has 0 bridgehead atoms. The number of nitrogens with one attached hydrogen (secondary N) is 1. The number of hydrogen-bond acceptors (Lipinski definition) is 4. The number of carbonyl (C=O) groups is 1. The summed E-state index contributed by atoms with van der Waals surface area (Å²) in [4.78, 5) is 16.1. The molecule has 1 aliphatic rings. The van der Waals surface area contributed by atoms with Gasteiger partial charge in [0.1, 0.15) is 5.78 Å². The first-order valence-electron chi connectivity index (χ1n) is 6.37. The van der Waals surface area contributed by atoms with E-state index in [1.54, 1.807) is 11.3 Å². The smallest absolute Gasteiger partial charge is 0.138 e. The van der Waals surface area contributed by atoms with Crippen molar-refractivity contribution < 1.29 is 4.79 Å². The number of piperidine rings is 1. The maximum atomic E-state index is 11.8. The topological polar surface area (TPSA) is 42.0 Å². The van der Waals surface area contributed by atoms with Crippen LogP contribution in [0.2, 0.25) is 0 Å². The van der Waals surface area contributed by atoms with Crippen molar-refractivity contribution in [3.8, 4) is 0 Å². The van der Waals surface area contributed by atoms with E-state index in [2.05, 4.69) is 10.3 Å². The van der Waals surface area contributed by atoms with Crippen molar-refractivity contribution in [1.29, 1.82) is 0 Å². The normalized spacial score (nSPS) is 20.4. The average molecular weight is 252 g/mol. The number of nitrogens with zero attached hydrogens (tertiary/aromatic N) is 1. The van der Waals surface area contributed by atoms with Crippen LogP contribution < -0.4 is 5.32 Å². The van der Waals surface area contributed by atoms with E-state index < -0.39 is 0 Å². The van der Waals surface area contributed by atoms with Gasteiger partial charge in [0.05, 0.1) is 10.7 Å². The Morgan fingerprint density at radius 3 is 3.18 bits per heavy atom. The van der Waals surface area contributed by atoms with Gasteiger partial charge in [-0.2, -0.15) is 0 Å². The lowest BCUT2D eigenvalue weighted by atomic mass is 9.93. The van der Waals surface area contributed by atoms with Crippen molar-refractivity contribution in [1.82, 2.24) is 10.3 Å². The van der Waals surface area contributed by atoms with E-state index in [4.69, 9.17) is 0 Å². The van der Waals surface area contributed by atoms with Crippen LogP contribution in [0.1, 0.15) is 36.4 Å². The summed E-state index contributed by atoms with van der Waals surface area (Å²) in [6.45, 7) is 4.21. The average Bonchev–Trinajstić information content (AvgIpc) is 2.73. The summed E-state index contributed by atoms with van der Waals surface area (Å²) in [5, 5.41) is 6.43. The Bertz CT molecular complexity index is 369. The molecule has 2 heterocycles. The summed E-state index contributed by atoms with van der Waals surface area (Å²) in [7, 11) is 0. The number of aryl methyl sites for hydroxylation is 1. The SMILES string of the molecule is Cc1nc(CC(=O)CCC2CCCNC2)cs1. The Morgan fingerprint density at radius 2 is 2.53 bits per heavy atom. The molecule has 0 radical (unpaired) electrons. The fourth-order valence-corrected chi connectivity index (χ4v) is 2.93. The van der Waals surface area contributed by atoms with Crippen LogP contribution in [-0.4, -0.2) is 23.9 Å². The summed E-state index contributed by atoms with van der Waals surface area (Å²) >= 11 is 1.62. The van der Waals surface area contributed by atoms with Gasteiger partial charge in [-0.15, -0.1) is 11.3 Å². The molecule has 94 valence electrons. The summed E-state index contributed by atoms with van der Waals surface area (Å²) in [6, 6.07) is 0. The molecule has 0 aliphatic carbocycles. The number of hydrogen-bond donors (Lipinski definition) is 1. The number of rotatable bonds is 5. The fourth-order valence-electron chi connectivity index (χ4n) is 2.32. The highest BCUT2D eigenvalue weighted by molar-refractivity contribution is 7.09. The third-order valence-electron chi connectivity index (χ3n) is 3.28. The zero-order valence-electron chi connectivity index (χ0n) is 10.4. The van der Waals surface area contributed by atoms with Crippen LogP contribution in [0.25, 0.3) is 0 Å². The van der Waals surface area contributed by atoms with Crippen molar-refractivity contribution in [3.63, 3.8) is 0 Å². The van der Waals surface area contributed by atoms with Crippen molar-refractivity contribution in [2.75, 3.05) is 13.1 Å². The molecule has 1 aromatic heterocycles. The lowest BCUT2D eigenvalue weighted by Crippen LogP contribution is -2.30. The van der Waals surface area contributed by atoms with Crippen molar-refractivity contribution in [3.05, 3.63) is 16.1 Å². The Morgan fingerprint density at radius 1 is 1.65 bits per heavy atom. The maximum Gasteiger partial charge on any atom is 0.138 e. The van der Waals surface area contributed by atoms with Gasteiger partial charge in [0.25, 0.3) is 0 Å². The molecular weight excluding hydrogens is 232 g/mol.